The molecule has 3 aromatic rings. The van der Waals surface area contributed by atoms with Crippen LogP contribution in [-0.2, 0) is 4.79 Å². The Hall–Kier alpha value is -3.21. The first-order valence-corrected chi connectivity index (χ1v) is 8.49. The second-order valence-electron chi connectivity index (χ2n) is 6.35. The molecule has 0 radical (unpaired) electrons. The number of hydrogen-bond donors (Lipinski definition) is 1. The van der Waals surface area contributed by atoms with Crippen molar-refractivity contribution in [2.24, 2.45) is 0 Å². The molecule has 0 saturated heterocycles. The molecule has 5 heteroatoms. The normalized spacial score (nSPS) is 11.8. The lowest BCUT2D eigenvalue weighted by atomic mass is 10.1. The van der Waals surface area contributed by atoms with Crippen LogP contribution in [0.15, 0.2) is 65.5 Å². The molecule has 132 valence electrons. The van der Waals surface area contributed by atoms with Gasteiger partial charge >= 0.3 is 0 Å². The summed E-state index contributed by atoms with van der Waals surface area (Å²) in [7, 11) is 0. The lowest BCUT2D eigenvalue weighted by Gasteiger charge is -2.16. The maximum atomic E-state index is 12.6. The van der Waals surface area contributed by atoms with Gasteiger partial charge < -0.3 is 5.32 Å². The molecule has 26 heavy (non-hydrogen) atoms. The van der Waals surface area contributed by atoms with E-state index in [0.717, 1.165) is 22.4 Å². The van der Waals surface area contributed by atoms with Gasteiger partial charge in [-0.1, -0.05) is 48.0 Å². The first kappa shape index (κ1) is 17.6. The molecule has 1 amide bonds. The molecule has 1 N–H and O–H groups in total. The topological polar surface area (TPSA) is 64.0 Å². The minimum Gasteiger partial charge on any atom is -0.324 e. The van der Waals surface area contributed by atoms with Gasteiger partial charge in [0.25, 0.3) is 5.56 Å². The zero-order valence-corrected chi connectivity index (χ0v) is 15.1. The molecule has 0 aliphatic heterocycles. The molecule has 0 bridgehead atoms. The summed E-state index contributed by atoms with van der Waals surface area (Å²) in [6.07, 6.45) is 0. The summed E-state index contributed by atoms with van der Waals surface area (Å²) in [6.45, 7) is 5.60. The van der Waals surface area contributed by atoms with Crippen LogP contribution in [0.25, 0.3) is 11.3 Å². The summed E-state index contributed by atoms with van der Waals surface area (Å²) in [5.74, 6) is -0.282. The number of hydrogen-bond acceptors (Lipinski definition) is 3. The fourth-order valence-corrected chi connectivity index (χ4v) is 2.64. The highest BCUT2D eigenvalue weighted by Gasteiger charge is 2.18. The Morgan fingerprint density at radius 1 is 1.00 bits per heavy atom. The molecule has 1 heterocycles. The van der Waals surface area contributed by atoms with Crippen molar-refractivity contribution in [3.8, 4) is 11.3 Å². The number of carbonyl (C=O) groups excluding carboxylic acids is 1. The SMILES string of the molecule is Cc1ccc(-c2ccc(=O)n(C(C)C(=O)Nc3ccccc3C)n2)cc1. The molecular formula is C21H21N3O2. The van der Waals surface area contributed by atoms with Crippen LogP contribution in [0.1, 0.15) is 24.1 Å². The molecule has 1 atom stereocenters. The third-order valence-corrected chi connectivity index (χ3v) is 4.32. The summed E-state index contributed by atoms with van der Waals surface area (Å²) < 4.78 is 1.22. The molecule has 3 rings (SSSR count). The molecule has 2 aromatic carbocycles. The number of rotatable bonds is 4. The number of aryl methyl sites for hydroxylation is 2. The Balaban J connectivity index is 1.89. The zero-order valence-electron chi connectivity index (χ0n) is 15.1. The van der Waals surface area contributed by atoms with Crippen LogP contribution in [-0.4, -0.2) is 15.7 Å². The van der Waals surface area contributed by atoms with E-state index in [9.17, 15) is 9.59 Å². The Morgan fingerprint density at radius 2 is 1.69 bits per heavy atom. The number of benzene rings is 2. The number of para-hydroxylation sites is 1. The number of carbonyl (C=O) groups is 1. The van der Waals surface area contributed by atoms with E-state index in [4.69, 9.17) is 0 Å². The van der Waals surface area contributed by atoms with Gasteiger partial charge in [0, 0.05) is 17.3 Å². The van der Waals surface area contributed by atoms with Crippen molar-refractivity contribution in [1.82, 2.24) is 9.78 Å². The van der Waals surface area contributed by atoms with Crippen LogP contribution >= 0.6 is 0 Å². The summed E-state index contributed by atoms with van der Waals surface area (Å²) >= 11 is 0. The standard InChI is InChI=1S/C21H21N3O2/c1-14-8-10-17(11-9-14)19-12-13-20(25)24(23-19)16(3)21(26)22-18-7-5-4-6-15(18)2/h4-13,16H,1-3H3,(H,22,26). The second-order valence-corrected chi connectivity index (χ2v) is 6.35. The largest absolute Gasteiger partial charge is 0.324 e. The predicted octanol–water partition coefficient (Wildman–Crippen LogP) is 3.73. The molecule has 1 aromatic heterocycles. The third-order valence-electron chi connectivity index (χ3n) is 4.32. The first-order valence-electron chi connectivity index (χ1n) is 8.49. The van der Waals surface area contributed by atoms with E-state index in [-0.39, 0.29) is 11.5 Å². The molecule has 5 nitrogen and oxygen atoms in total. The van der Waals surface area contributed by atoms with Crippen LogP contribution in [0, 0.1) is 13.8 Å². The average molecular weight is 347 g/mol. The van der Waals surface area contributed by atoms with E-state index < -0.39 is 6.04 Å². The smallest absolute Gasteiger partial charge is 0.267 e. The van der Waals surface area contributed by atoms with Crippen LogP contribution in [0.3, 0.4) is 0 Å². The van der Waals surface area contributed by atoms with Gasteiger partial charge in [0.2, 0.25) is 5.91 Å². The highest BCUT2D eigenvalue weighted by atomic mass is 16.2. The van der Waals surface area contributed by atoms with Crippen molar-refractivity contribution in [2.45, 2.75) is 26.8 Å². The van der Waals surface area contributed by atoms with Crippen LogP contribution < -0.4 is 10.9 Å². The maximum Gasteiger partial charge on any atom is 0.267 e. The van der Waals surface area contributed by atoms with Crippen molar-refractivity contribution in [3.05, 3.63) is 82.1 Å². The highest BCUT2D eigenvalue weighted by molar-refractivity contribution is 5.94. The third kappa shape index (κ3) is 3.72. The molecule has 0 aliphatic carbocycles. The van der Waals surface area contributed by atoms with E-state index >= 15 is 0 Å². The molecule has 0 spiro atoms. The number of anilines is 1. The lowest BCUT2D eigenvalue weighted by Crippen LogP contribution is -2.33. The van der Waals surface area contributed by atoms with Crippen molar-refractivity contribution in [3.63, 3.8) is 0 Å². The van der Waals surface area contributed by atoms with E-state index in [2.05, 4.69) is 10.4 Å². The summed E-state index contributed by atoms with van der Waals surface area (Å²) in [5.41, 5.74) is 4.08. The van der Waals surface area contributed by atoms with Gasteiger partial charge in [-0.2, -0.15) is 5.10 Å². The van der Waals surface area contributed by atoms with Gasteiger partial charge in [0.05, 0.1) is 5.69 Å². The fourth-order valence-electron chi connectivity index (χ4n) is 2.64. The minimum absolute atomic E-state index is 0.282. The Labute approximate surface area is 152 Å². The van der Waals surface area contributed by atoms with E-state index in [0.29, 0.717) is 5.69 Å². The van der Waals surface area contributed by atoms with E-state index in [1.54, 1.807) is 13.0 Å². The van der Waals surface area contributed by atoms with Crippen molar-refractivity contribution >= 4 is 11.6 Å². The highest BCUT2D eigenvalue weighted by Crippen LogP contribution is 2.18. The van der Waals surface area contributed by atoms with Gasteiger partial charge in [-0.05, 0) is 38.5 Å². The van der Waals surface area contributed by atoms with Crippen LogP contribution in [0.2, 0.25) is 0 Å². The average Bonchev–Trinajstić information content (AvgIpc) is 2.64. The number of nitrogens with zero attached hydrogens (tertiary/aromatic N) is 2. The zero-order chi connectivity index (χ0) is 18.7. The predicted molar refractivity (Wildman–Crippen MR) is 103 cm³/mol. The Morgan fingerprint density at radius 3 is 2.38 bits per heavy atom. The summed E-state index contributed by atoms with van der Waals surface area (Å²) in [5, 5.41) is 7.26. The summed E-state index contributed by atoms with van der Waals surface area (Å²) in [6, 6.07) is 17.8. The minimum atomic E-state index is -0.729. The molecule has 1 unspecified atom stereocenters. The fraction of sp³-hybridized carbons (Fsp3) is 0.190. The second kappa shape index (κ2) is 7.35. The summed E-state index contributed by atoms with van der Waals surface area (Å²) in [4.78, 5) is 24.8. The number of amides is 1. The van der Waals surface area contributed by atoms with Gasteiger partial charge in [-0.25, -0.2) is 4.68 Å². The van der Waals surface area contributed by atoms with Crippen LogP contribution in [0.4, 0.5) is 5.69 Å². The Bertz CT molecular complexity index is 991. The van der Waals surface area contributed by atoms with Gasteiger partial charge in [-0.3, -0.25) is 9.59 Å². The maximum absolute atomic E-state index is 12.6. The first-order chi connectivity index (χ1) is 12.5. The number of nitrogens with one attached hydrogen (secondary N) is 1. The molecule has 0 fully saturated rings. The van der Waals surface area contributed by atoms with Gasteiger partial charge in [0.1, 0.15) is 6.04 Å². The number of aromatic nitrogens is 2. The van der Waals surface area contributed by atoms with Crippen molar-refractivity contribution < 1.29 is 4.79 Å². The van der Waals surface area contributed by atoms with Crippen LogP contribution in [0.5, 0.6) is 0 Å². The van der Waals surface area contributed by atoms with E-state index in [1.165, 1.54) is 10.7 Å². The van der Waals surface area contributed by atoms with Crippen molar-refractivity contribution in [2.75, 3.05) is 5.32 Å². The monoisotopic (exact) mass is 347 g/mol. The van der Waals surface area contributed by atoms with Crippen molar-refractivity contribution in [1.29, 1.82) is 0 Å². The van der Waals surface area contributed by atoms with Gasteiger partial charge in [-0.15, -0.1) is 0 Å². The molecule has 0 saturated carbocycles. The quantitative estimate of drug-likeness (QED) is 0.782. The molecular weight excluding hydrogens is 326 g/mol. The van der Waals surface area contributed by atoms with E-state index in [1.807, 2.05) is 62.4 Å². The van der Waals surface area contributed by atoms with Gasteiger partial charge in [0.15, 0.2) is 0 Å². The molecule has 0 aliphatic rings. The lowest BCUT2D eigenvalue weighted by molar-refractivity contribution is -0.119. The Kier molecular flexibility index (Phi) is 4.98.